The molecule has 148 valence electrons. The summed E-state index contributed by atoms with van der Waals surface area (Å²) in [6.45, 7) is 0.124. The maximum atomic E-state index is 12.6. The van der Waals surface area contributed by atoms with E-state index >= 15 is 0 Å². The van der Waals surface area contributed by atoms with Gasteiger partial charge in [0.05, 0.1) is 5.56 Å². The second-order valence-electron chi connectivity index (χ2n) is 6.75. The van der Waals surface area contributed by atoms with Crippen molar-refractivity contribution in [2.75, 3.05) is 0 Å². The molecule has 2 amide bonds. The number of aryl methyl sites for hydroxylation is 1. The van der Waals surface area contributed by atoms with Crippen molar-refractivity contribution in [2.45, 2.75) is 38.0 Å². The molecule has 1 aliphatic carbocycles. The molecule has 0 aliphatic heterocycles. The van der Waals surface area contributed by atoms with E-state index in [4.69, 9.17) is 5.11 Å². The van der Waals surface area contributed by atoms with Crippen LogP contribution in [-0.2, 0) is 25.6 Å². The molecule has 0 spiro atoms. The average molecular weight is 392 g/mol. The number of benzene rings is 2. The summed E-state index contributed by atoms with van der Waals surface area (Å²) in [4.78, 5) is 23.1. The van der Waals surface area contributed by atoms with Crippen LogP contribution in [0.25, 0.3) is 0 Å². The van der Waals surface area contributed by atoms with E-state index in [0.717, 1.165) is 23.3 Å². The Morgan fingerprint density at radius 2 is 1.79 bits per heavy atom. The van der Waals surface area contributed by atoms with Gasteiger partial charge in [0, 0.05) is 18.2 Å². The first-order valence-electron chi connectivity index (χ1n) is 8.78. The molecule has 28 heavy (non-hydrogen) atoms. The Kier molecular flexibility index (Phi) is 5.58. The van der Waals surface area contributed by atoms with Crippen molar-refractivity contribution in [3.63, 3.8) is 0 Å². The monoisotopic (exact) mass is 392 g/mol. The highest BCUT2D eigenvalue weighted by atomic mass is 19.4. The van der Waals surface area contributed by atoms with E-state index < -0.39 is 17.8 Å². The number of carboxylic acid groups (broad SMARTS) is 1. The molecule has 3 N–H and O–H groups in total. The van der Waals surface area contributed by atoms with Gasteiger partial charge in [0.25, 0.3) is 5.91 Å². The Balaban J connectivity index is 1.60. The fourth-order valence-corrected chi connectivity index (χ4v) is 3.29. The fraction of sp³-hybridized carbons (Fsp3) is 0.300. The summed E-state index contributed by atoms with van der Waals surface area (Å²) in [7, 11) is 0. The Labute approximate surface area is 159 Å². The number of nitrogens with one attached hydrogen (secondary N) is 2. The number of hydrogen-bond donors (Lipinski definition) is 3. The molecule has 0 radical (unpaired) electrons. The summed E-state index contributed by atoms with van der Waals surface area (Å²) in [6, 6.07) is 9.79. The van der Waals surface area contributed by atoms with Gasteiger partial charge in [-0.1, -0.05) is 18.2 Å². The van der Waals surface area contributed by atoms with Crippen molar-refractivity contribution in [3.8, 4) is 0 Å². The first kappa shape index (κ1) is 19.7. The number of carbonyl (C=O) groups is 2. The molecule has 5 nitrogen and oxygen atoms in total. The molecule has 0 saturated heterocycles. The van der Waals surface area contributed by atoms with Gasteiger partial charge < -0.3 is 15.7 Å². The van der Waals surface area contributed by atoms with Crippen LogP contribution in [0.4, 0.5) is 18.0 Å². The van der Waals surface area contributed by atoms with Gasteiger partial charge in [-0.15, -0.1) is 0 Å². The van der Waals surface area contributed by atoms with Crippen molar-refractivity contribution in [3.05, 3.63) is 70.3 Å². The molecule has 3 rings (SSSR count). The minimum absolute atomic E-state index is 0.124. The maximum absolute atomic E-state index is 12.6. The van der Waals surface area contributed by atoms with Gasteiger partial charge in [0.15, 0.2) is 0 Å². The largest absolute Gasteiger partial charge is 0.465 e. The standard InChI is InChI=1S/C20H19F3N2O3/c21-20(22,23)16-6-1-12(2-7-16)11-24-18(26)15-4-3-14-10-17(25-19(27)28)8-5-13(14)9-15/h1-4,6-7,9,17,25H,5,8,10-11H2,(H,24,26)(H,27,28). The van der Waals surface area contributed by atoms with Crippen LogP contribution in [0.15, 0.2) is 42.5 Å². The lowest BCUT2D eigenvalue weighted by molar-refractivity contribution is -0.137. The summed E-state index contributed by atoms with van der Waals surface area (Å²) < 4.78 is 37.7. The van der Waals surface area contributed by atoms with Crippen LogP contribution in [0, 0.1) is 0 Å². The smallest absolute Gasteiger partial charge is 0.416 e. The number of amides is 2. The molecule has 0 bridgehead atoms. The molecule has 0 fully saturated rings. The number of halogens is 3. The van der Waals surface area contributed by atoms with Crippen LogP contribution in [0.5, 0.6) is 0 Å². The normalized spacial score (nSPS) is 16.2. The van der Waals surface area contributed by atoms with Crippen LogP contribution in [0.2, 0.25) is 0 Å². The summed E-state index contributed by atoms with van der Waals surface area (Å²) in [5, 5.41) is 14.0. The lowest BCUT2D eigenvalue weighted by atomic mass is 9.87. The van der Waals surface area contributed by atoms with Gasteiger partial charge in [0.1, 0.15) is 0 Å². The van der Waals surface area contributed by atoms with Crippen molar-refractivity contribution < 1.29 is 27.9 Å². The Bertz CT molecular complexity index is 879. The second kappa shape index (κ2) is 7.92. The SMILES string of the molecule is O=C(O)NC1CCc2cc(C(=O)NCc3ccc(C(F)(F)F)cc3)ccc2C1. The lowest BCUT2D eigenvalue weighted by Gasteiger charge is -2.24. The summed E-state index contributed by atoms with van der Waals surface area (Å²) >= 11 is 0. The summed E-state index contributed by atoms with van der Waals surface area (Å²) in [5.41, 5.74) is 2.32. The topological polar surface area (TPSA) is 78.4 Å². The third kappa shape index (κ3) is 4.82. The predicted octanol–water partition coefficient (Wildman–Crippen LogP) is 3.76. The minimum Gasteiger partial charge on any atom is -0.465 e. The van der Waals surface area contributed by atoms with Crippen LogP contribution in [0.3, 0.4) is 0 Å². The van der Waals surface area contributed by atoms with Gasteiger partial charge in [-0.3, -0.25) is 4.79 Å². The zero-order valence-electron chi connectivity index (χ0n) is 14.8. The quantitative estimate of drug-likeness (QED) is 0.741. The first-order chi connectivity index (χ1) is 13.2. The lowest BCUT2D eigenvalue weighted by Crippen LogP contribution is -2.38. The van der Waals surface area contributed by atoms with Crippen LogP contribution >= 0.6 is 0 Å². The molecular weight excluding hydrogens is 373 g/mol. The minimum atomic E-state index is -4.39. The van der Waals surface area contributed by atoms with Crippen LogP contribution in [0.1, 0.15) is 39.0 Å². The third-order valence-corrected chi connectivity index (χ3v) is 4.76. The van der Waals surface area contributed by atoms with E-state index in [-0.39, 0.29) is 18.5 Å². The van der Waals surface area contributed by atoms with Gasteiger partial charge in [-0.25, -0.2) is 4.79 Å². The zero-order valence-corrected chi connectivity index (χ0v) is 14.8. The third-order valence-electron chi connectivity index (χ3n) is 4.76. The summed E-state index contributed by atoms with van der Waals surface area (Å²) in [5.74, 6) is -0.312. The van der Waals surface area contributed by atoms with E-state index in [2.05, 4.69) is 10.6 Å². The predicted molar refractivity (Wildman–Crippen MR) is 96.0 cm³/mol. The molecule has 2 aromatic carbocycles. The van der Waals surface area contributed by atoms with Crippen LogP contribution in [-0.4, -0.2) is 23.1 Å². The number of alkyl halides is 3. The van der Waals surface area contributed by atoms with Crippen molar-refractivity contribution in [2.24, 2.45) is 0 Å². The average Bonchev–Trinajstić information content (AvgIpc) is 2.65. The van der Waals surface area contributed by atoms with E-state index in [9.17, 15) is 22.8 Å². The van der Waals surface area contributed by atoms with Crippen molar-refractivity contribution in [1.82, 2.24) is 10.6 Å². The second-order valence-corrected chi connectivity index (χ2v) is 6.75. The van der Waals surface area contributed by atoms with Crippen LogP contribution < -0.4 is 10.6 Å². The Hall–Kier alpha value is -3.03. The molecule has 0 saturated carbocycles. The number of rotatable bonds is 4. The summed E-state index contributed by atoms with van der Waals surface area (Å²) in [6.07, 6.45) is -3.53. The number of hydrogen-bond acceptors (Lipinski definition) is 2. The molecule has 1 aliphatic rings. The van der Waals surface area contributed by atoms with Gasteiger partial charge >= 0.3 is 12.3 Å². The Morgan fingerprint density at radius 3 is 2.43 bits per heavy atom. The molecule has 1 unspecified atom stereocenters. The molecular formula is C20H19F3N2O3. The van der Waals surface area contributed by atoms with E-state index in [1.165, 1.54) is 12.1 Å². The van der Waals surface area contributed by atoms with Gasteiger partial charge in [-0.2, -0.15) is 13.2 Å². The highest BCUT2D eigenvalue weighted by Gasteiger charge is 2.29. The molecule has 0 heterocycles. The van der Waals surface area contributed by atoms with E-state index in [1.54, 1.807) is 12.1 Å². The van der Waals surface area contributed by atoms with Crippen molar-refractivity contribution >= 4 is 12.0 Å². The molecule has 8 heteroatoms. The van der Waals surface area contributed by atoms with E-state index in [0.29, 0.717) is 30.4 Å². The highest BCUT2D eigenvalue weighted by molar-refractivity contribution is 5.94. The first-order valence-corrected chi connectivity index (χ1v) is 8.78. The Morgan fingerprint density at radius 1 is 1.07 bits per heavy atom. The van der Waals surface area contributed by atoms with Gasteiger partial charge in [-0.05, 0) is 60.2 Å². The van der Waals surface area contributed by atoms with E-state index in [1.807, 2.05) is 6.07 Å². The van der Waals surface area contributed by atoms with Crippen molar-refractivity contribution in [1.29, 1.82) is 0 Å². The molecule has 1 atom stereocenters. The number of carbonyl (C=O) groups excluding carboxylic acids is 1. The fourth-order valence-electron chi connectivity index (χ4n) is 3.29. The highest BCUT2D eigenvalue weighted by Crippen LogP contribution is 2.29. The maximum Gasteiger partial charge on any atom is 0.416 e. The number of fused-ring (bicyclic) bond motifs is 1. The van der Waals surface area contributed by atoms with Gasteiger partial charge in [0.2, 0.25) is 0 Å². The molecule has 0 aromatic heterocycles. The zero-order chi connectivity index (χ0) is 20.3. The molecule has 2 aromatic rings.